The number of carbonyl (C=O) groups is 2. The molecule has 45 heavy (non-hydrogen) atoms. The van der Waals surface area contributed by atoms with E-state index in [2.05, 4.69) is 5.32 Å². The van der Waals surface area contributed by atoms with E-state index >= 15 is 0 Å². The molecule has 0 unspecified atom stereocenters. The smallest absolute Gasteiger partial charge is 0.264 e. The highest BCUT2D eigenvalue weighted by Crippen LogP contribution is 2.28. The summed E-state index contributed by atoms with van der Waals surface area (Å²) in [5.41, 5.74) is 2.90. The van der Waals surface area contributed by atoms with Gasteiger partial charge in [0.15, 0.2) is 0 Å². The van der Waals surface area contributed by atoms with Crippen LogP contribution in [0.2, 0.25) is 10.0 Å². The van der Waals surface area contributed by atoms with Crippen LogP contribution in [0.4, 0.5) is 5.69 Å². The van der Waals surface area contributed by atoms with Gasteiger partial charge in [0.25, 0.3) is 10.0 Å². The number of nitrogens with zero attached hydrogens (tertiary/aromatic N) is 2. The van der Waals surface area contributed by atoms with Gasteiger partial charge in [0.2, 0.25) is 11.8 Å². The fraction of sp³-hybridized carbons (Fsp3) is 0.257. The third-order valence-corrected chi connectivity index (χ3v) is 9.59. The molecule has 7 nitrogen and oxygen atoms in total. The maximum Gasteiger partial charge on any atom is 0.264 e. The Bertz CT molecular complexity index is 1700. The van der Waals surface area contributed by atoms with Gasteiger partial charge >= 0.3 is 0 Å². The van der Waals surface area contributed by atoms with Crippen LogP contribution in [-0.4, -0.2) is 44.3 Å². The van der Waals surface area contributed by atoms with E-state index in [0.717, 1.165) is 33.8 Å². The number of carbonyl (C=O) groups excluding carboxylic acids is 2. The van der Waals surface area contributed by atoms with Crippen LogP contribution in [0, 0.1) is 6.92 Å². The molecule has 0 aromatic heterocycles. The van der Waals surface area contributed by atoms with Gasteiger partial charge in [-0.15, -0.1) is 0 Å². The highest BCUT2D eigenvalue weighted by atomic mass is 35.5. The molecule has 0 radical (unpaired) electrons. The molecule has 0 heterocycles. The van der Waals surface area contributed by atoms with Gasteiger partial charge in [0.1, 0.15) is 12.6 Å². The SMILES string of the molecule is CCCCNC(=O)[C@@H](Cc1ccccc1)N(Cc1cccc(C)c1)C(=O)CN(c1cccc(Cl)c1)S(=O)(=O)c1ccc(Cl)cc1. The molecule has 4 rings (SSSR count). The van der Waals surface area contributed by atoms with E-state index in [4.69, 9.17) is 23.2 Å². The van der Waals surface area contributed by atoms with Crippen molar-refractivity contribution in [1.82, 2.24) is 10.2 Å². The van der Waals surface area contributed by atoms with Crippen molar-refractivity contribution in [2.75, 3.05) is 17.4 Å². The maximum atomic E-state index is 14.5. The molecule has 236 valence electrons. The van der Waals surface area contributed by atoms with Crippen LogP contribution in [0.3, 0.4) is 0 Å². The van der Waals surface area contributed by atoms with Gasteiger partial charge in [-0.2, -0.15) is 0 Å². The Hall–Kier alpha value is -3.85. The summed E-state index contributed by atoms with van der Waals surface area (Å²) in [4.78, 5) is 29.7. The van der Waals surface area contributed by atoms with Crippen molar-refractivity contribution >= 4 is 50.7 Å². The van der Waals surface area contributed by atoms with Crippen molar-refractivity contribution in [3.8, 4) is 0 Å². The number of benzene rings is 4. The van der Waals surface area contributed by atoms with Crippen molar-refractivity contribution in [1.29, 1.82) is 0 Å². The van der Waals surface area contributed by atoms with Gasteiger partial charge in [-0.1, -0.05) is 103 Å². The molecule has 0 aliphatic carbocycles. The van der Waals surface area contributed by atoms with Crippen molar-refractivity contribution in [2.45, 2.75) is 50.6 Å². The van der Waals surface area contributed by atoms with Crippen LogP contribution in [0.1, 0.15) is 36.5 Å². The van der Waals surface area contributed by atoms with Gasteiger partial charge in [-0.25, -0.2) is 8.42 Å². The molecule has 0 saturated heterocycles. The third-order valence-electron chi connectivity index (χ3n) is 7.31. The first kappa shape index (κ1) is 34.0. The number of nitrogens with one attached hydrogen (secondary N) is 1. The van der Waals surface area contributed by atoms with Gasteiger partial charge in [-0.3, -0.25) is 13.9 Å². The molecular formula is C35H37Cl2N3O4S. The molecule has 0 saturated carbocycles. The summed E-state index contributed by atoms with van der Waals surface area (Å²) in [5, 5.41) is 3.68. The average molecular weight is 667 g/mol. The predicted octanol–water partition coefficient (Wildman–Crippen LogP) is 7.05. The molecule has 4 aromatic carbocycles. The van der Waals surface area contributed by atoms with Crippen molar-refractivity contribution in [3.63, 3.8) is 0 Å². The Balaban J connectivity index is 1.79. The van der Waals surface area contributed by atoms with E-state index in [-0.39, 0.29) is 29.5 Å². The number of aryl methyl sites for hydroxylation is 1. The number of halogens is 2. The summed E-state index contributed by atoms with van der Waals surface area (Å²) < 4.78 is 29.2. The molecule has 1 atom stereocenters. The Morgan fingerprint density at radius 2 is 1.51 bits per heavy atom. The van der Waals surface area contributed by atoms with E-state index in [9.17, 15) is 18.0 Å². The molecule has 4 aromatic rings. The minimum Gasteiger partial charge on any atom is -0.354 e. The zero-order valence-electron chi connectivity index (χ0n) is 25.3. The maximum absolute atomic E-state index is 14.5. The molecule has 0 bridgehead atoms. The van der Waals surface area contributed by atoms with Crippen molar-refractivity contribution in [2.24, 2.45) is 0 Å². The number of hydrogen-bond acceptors (Lipinski definition) is 4. The molecular weight excluding hydrogens is 629 g/mol. The summed E-state index contributed by atoms with van der Waals surface area (Å²) >= 11 is 12.3. The Morgan fingerprint density at radius 3 is 2.18 bits per heavy atom. The second-order valence-corrected chi connectivity index (χ2v) is 13.5. The molecule has 1 N–H and O–H groups in total. The summed E-state index contributed by atoms with van der Waals surface area (Å²) in [6, 6.07) is 28.3. The molecule has 0 spiro atoms. The number of hydrogen-bond donors (Lipinski definition) is 1. The van der Waals surface area contributed by atoms with E-state index in [1.807, 2.05) is 68.4 Å². The van der Waals surface area contributed by atoms with Crippen LogP contribution in [-0.2, 0) is 32.6 Å². The lowest BCUT2D eigenvalue weighted by molar-refractivity contribution is -0.140. The lowest BCUT2D eigenvalue weighted by atomic mass is 10.0. The zero-order valence-corrected chi connectivity index (χ0v) is 27.7. The fourth-order valence-corrected chi connectivity index (χ4v) is 6.68. The van der Waals surface area contributed by atoms with Crippen molar-refractivity contribution in [3.05, 3.63) is 130 Å². The summed E-state index contributed by atoms with van der Waals surface area (Å²) in [6.45, 7) is 3.99. The van der Waals surface area contributed by atoms with Gasteiger partial charge < -0.3 is 10.2 Å². The van der Waals surface area contributed by atoms with Crippen LogP contribution in [0.15, 0.2) is 108 Å². The summed E-state index contributed by atoms with van der Waals surface area (Å²) in [6.07, 6.45) is 1.93. The van der Waals surface area contributed by atoms with Crippen LogP contribution < -0.4 is 9.62 Å². The number of anilines is 1. The largest absolute Gasteiger partial charge is 0.354 e. The standard InChI is InChI=1S/C35H37Cl2N3O4S/c1-3-4-20-38-35(42)33(22-27-11-6-5-7-12-27)39(24-28-13-8-10-26(2)21-28)34(41)25-40(31-15-9-14-30(37)23-31)45(43,44)32-18-16-29(36)17-19-32/h5-19,21,23,33H,3-4,20,22,24-25H2,1-2H3,(H,38,42)/t33-/m1/s1. The monoisotopic (exact) mass is 665 g/mol. The van der Waals surface area contributed by atoms with E-state index in [0.29, 0.717) is 16.6 Å². The van der Waals surface area contributed by atoms with Gasteiger partial charge in [-0.05, 0) is 66.9 Å². The molecule has 0 aliphatic heterocycles. The van der Waals surface area contributed by atoms with Crippen LogP contribution >= 0.6 is 23.2 Å². The first-order chi connectivity index (χ1) is 21.6. The highest BCUT2D eigenvalue weighted by molar-refractivity contribution is 7.92. The van der Waals surface area contributed by atoms with Gasteiger partial charge in [0, 0.05) is 29.6 Å². The van der Waals surface area contributed by atoms with E-state index < -0.39 is 28.5 Å². The van der Waals surface area contributed by atoms with E-state index in [1.54, 1.807) is 18.2 Å². The lowest BCUT2D eigenvalue weighted by Gasteiger charge is -2.34. The van der Waals surface area contributed by atoms with Crippen molar-refractivity contribution < 1.29 is 18.0 Å². The third kappa shape index (κ3) is 9.33. The molecule has 10 heteroatoms. The lowest BCUT2D eigenvalue weighted by Crippen LogP contribution is -2.53. The Morgan fingerprint density at radius 1 is 0.822 bits per heavy atom. The van der Waals surface area contributed by atoms with E-state index in [1.165, 1.54) is 35.2 Å². The molecule has 0 aliphatic rings. The Kier molecular flexibility index (Phi) is 12.0. The predicted molar refractivity (Wildman–Crippen MR) is 181 cm³/mol. The number of sulfonamides is 1. The second-order valence-electron chi connectivity index (χ2n) is 10.8. The average Bonchev–Trinajstić information content (AvgIpc) is 3.02. The first-order valence-corrected chi connectivity index (χ1v) is 17.0. The normalized spacial score (nSPS) is 11.9. The summed E-state index contributed by atoms with van der Waals surface area (Å²) in [7, 11) is -4.25. The summed E-state index contributed by atoms with van der Waals surface area (Å²) in [5.74, 6) is -0.844. The topological polar surface area (TPSA) is 86.8 Å². The number of amides is 2. The number of rotatable bonds is 14. The highest BCUT2D eigenvalue weighted by Gasteiger charge is 2.34. The second kappa shape index (κ2) is 15.9. The first-order valence-electron chi connectivity index (χ1n) is 14.8. The molecule has 2 amide bonds. The van der Waals surface area contributed by atoms with Crippen LogP contribution in [0.5, 0.6) is 0 Å². The Labute approximate surface area is 275 Å². The quantitative estimate of drug-likeness (QED) is 0.146. The minimum absolute atomic E-state index is 0.0388. The van der Waals surface area contributed by atoms with Crippen LogP contribution in [0.25, 0.3) is 0 Å². The minimum atomic E-state index is -4.25. The molecule has 0 fully saturated rings. The fourth-order valence-electron chi connectivity index (χ4n) is 4.96. The zero-order chi connectivity index (χ0) is 32.4. The number of unbranched alkanes of at least 4 members (excludes halogenated alkanes) is 1. The van der Waals surface area contributed by atoms with Gasteiger partial charge in [0.05, 0.1) is 10.6 Å².